The lowest BCUT2D eigenvalue weighted by molar-refractivity contribution is -0.155. The van der Waals surface area contributed by atoms with Crippen molar-refractivity contribution in [3.8, 4) is 0 Å². The first-order valence-corrected chi connectivity index (χ1v) is 9.72. The first kappa shape index (κ1) is 20.4. The van der Waals surface area contributed by atoms with Crippen LogP contribution in [-0.2, 0) is 14.3 Å². The number of hydrogen-bond donors (Lipinski definition) is 4. The topological polar surface area (TPSA) is 94.7 Å². The second-order valence-corrected chi connectivity index (χ2v) is 7.33. The maximum Gasteiger partial charge on any atom is 0.314 e. The van der Waals surface area contributed by atoms with Gasteiger partial charge in [0.2, 0.25) is 5.91 Å². The molecule has 0 radical (unpaired) electrons. The number of hydrogen-bond acceptors (Lipinski definition) is 7. The van der Waals surface area contributed by atoms with Crippen LogP contribution < -0.4 is 21.5 Å². The number of nitrogens with one attached hydrogen (secondary N) is 4. The molecule has 3 fully saturated rings. The molecule has 1 amide bonds. The second kappa shape index (κ2) is 9.22. The fraction of sp³-hybridized carbons (Fsp3) is 0.882. The van der Waals surface area contributed by atoms with E-state index in [0.717, 1.165) is 26.2 Å². The van der Waals surface area contributed by atoms with Gasteiger partial charge in [0.25, 0.3) is 0 Å². The van der Waals surface area contributed by atoms with Crippen molar-refractivity contribution in [3.05, 3.63) is 0 Å². The molecular weight excluding hydrogens is 360 g/mol. The maximum atomic E-state index is 14.4. The first-order chi connectivity index (χ1) is 13.0. The summed E-state index contributed by atoms with van der Waals surface area (Å²) in [5.74, 6) is -2.54. The molecule has 0 aromatic heterocycles. The van der Waals surface area contributed by atoms with Crippen LogP contribution in [0.25, 0.3) is 0 Å². The highest BCUT2D eigenvalue weighted by Gasteiger charge is 2.46. The fourth-order valence-corrected chi connectivity index (χ4v) is 4.03. The number of carbonyl (C=O) groups is 2. The summed E-state index contributed by atoms with van der Waals surface area (Å²) < 4.78 is 33.6. The SMILES string of the molecule is CCOC(=O)C1C(F)CCC(F)C1NC(=O)C1CCC(N2CCNC2)NN1. The zero-order valence-corrected chi connectivity index (χ0v) is 15.5. The van der Waals surface area contributed by atoms with Crippen LogP contribution in [0.5, 0.6) is 0 Å². The van der Waals surface area contributed by atoms with E-state index < -0.39 is 42.2 Å². The third-order valence-electron chi connectivity index (χ3n) is 5.55. The Bertz CT molecular complexity index is 527. The lowest BCUT2D eigenvalue weighted by Gasteiger charge is -2.38. The number of hydrazine groups is 1. The van der Waals surface area contributed by atoms with Crippen LogP contribution in [0.4, 0.5) is 8.78 Å². The largest absolute Gasteiger partial charge is 0.466 e. The maximum absolute atomic E-state index is 14.4. The third-order valence-corrected chi connectivity index (χ3v) is 5.55. The van der Waals surface area contributed by atoms with Crippen molar-refractivity contribution in [3.63, 3.8) is 0 Å². The van der Waals surface area contributed by atoms with Crippen LogP contribution in [0.2, 0.25) is 0 Å². The highest BCUT2D eigenvalue weighted by Crippen LogP contribution is 2.31. The van der Waals surface area contributed by atoms with E-state index >= 15 is 0 Å². The Morgan fingerprint density at radius 2 is 1.93 bits per heavy atom. The van der Waals surface area contributed by atoms with Gasteiger partial charge in [-0.1, -0.05) is 0 Å². The highest BCUT2D eigenvalue weighted by molar-refractivity contribution is 5.83. The van der Waals surface area contributed by atoms with Gasteiger partial charge in [-0.05, 0) is 32.6 Å². The Hall–Kier alpha value is -1.36. The van der Waals surface area contributed by atoms with Gasteiger partial charge in [-0.3, -0.25) is 14.5 Å². The van der Waals surface area contributed by atoms with Crippen molar-refractivity contribution in [1.29, 1.82) is 0 Å². The summed E-state index contributed by atoms with van der Waals surface area (Å²) in [6.45, 7) is 4.35. The molecule has 0 spiro atoms. The van der Waals surface area contributed by atoms with Crippen molar-refractivity contribution < 1.29 is 23.1 Å². The number of amides is 1. The number of halogens is 2. The molecule has 1 aliphatic carbocycles. The number of nitrogens with zero attached hydrogens (tertiary/aromatic N) is 1. The van der Waals surface area contributed by atoms with E-state index in [2.05, 4.69) is 26.4 Å². The molecule has 154 valence electrons. The molecule has 3 aliphatic rings. The standard InChI is InChI=1S/C17H29F2N5O3/c1-2-27-17(26)14-10(18)3-4-11(19)15(14)21-16(25)12-5-6-13(23-22-12)24-8-7-20-9-24/h10-15,20,22-23H,2-9H2,1H3,(H,21,25). The van der Waals surface area contributed by atoms with E-state index in [-0.39, 0.29) is 25.6 Å². The van der Waals surface area contributed by atoms with E-state index in [1.165, 1.54) is 0 Å². The van der Waals surface area contributed by atoms with Crippen molar-refractivity contribution in [1.82, 2.24) is 26.4 Å². The van der Waals surface area contributed by atoms with E-state index in [0.29, 0.717) is 6.42 Å². The summed E-state index contributed by atoms with van der Waals surface area (Å²) in [6, 6.07) is -1.77. The van der Waals surface area contributed by atoms with E-state index in [4.69, 9.17) is 4.74 Å². The molecule has 2 aliphatic heterocycles. The van der Waals surface area contributed by atoms with Crippen LogP contribution >= 0.6 is 0 Å². The number of esters is 1. The van der Waals surface area contributed by atoms with Crippen molar-refractivity contribution in [2.24, 2.45) is 5.92 Å². The Labute approximate surface area is 157 Å². The minimum absolute atomic E-state index is 0.0254. The van der Waals surface area contributed by atoms with Crippen molar-refractivity contribution in [2.45, 2.75) is 63.2 Å². The molecular formula is C17H29F2N5O3. The van der Waals surface area contributed by atoms with Gasteiger partial charge in [0.05, 0.1) is 18.8 Å². The molecule has 1 saturated carbocycles. The normalized spacial score (nSPS) is 37.7. The molecule has 3 rings (SSSR count). The molecule has 8 nitrogen and oxygen atoms in total. The molecule has 6 atom stereocenters. The fourth-order valence-electron chi connectivity index (χ4n) is 4.03. The highest BCUT2D eigenvalue weighted by atomic mass is 19.1. The second-order valence-electron chi connectivity index (χ2n) is 7.33. The zero-order valence-electron chi connectivity index (χ0n) is 15.5. The molecule has 2 saturated heterocycles. The lowest BCUT2D eigenvalue weighted by Crippen LogP contribution is -2.64. The third kappa shape index (κ3) is 4.74. The molecule has 0 bridgehead atoms. The summed E-state index contributed by atoms with van der Waals surface area (Å²) >= 11 is 0. The lowest BCUT2D eigenvalue weighted by atomic mass is 9.81. The quantitative estimate of drug-likeness (QED) is 0.474. The average Bonchev–Trinajstić information content (AvgIpc) is 3.20. The van der Waals surface area contributed by atoms with Crippen LogP contribution in [-0.4, -0.2) is 73.7 Å². The minimum atomic E-state index is -1.52. The first-order valence-electron chi connectivity index (χ1n) is 9.72. The minimum Gasteiger partial charge on any atom is -0.466 e. The molecule has 2 heterocycles. The molecule has 10 heteroatoms. The van der Waals surface area contributed by atoms with Crippen LogP contribution in [0.15, 0.2) is 0 Å². The molecule has 0 aromatic carbocycles. The van der Waals surface area contributed by atoms with Gasteiger partial charge < -0.3 is 15.4 Å². The Morgan fingerprint density at radius 1 is 1.15 bits per heavy atom. The number of alkyl halides is 2. The zero-order chi connectivity index (χ0) is 19.4. The Morgan fingerprint density at radius 3 is 2.56 bits per heavy atom. The van der Waals surface area contributed by atoms with Gasteiger partial charge in [0.1, 0.15) is 24.3 Å². The van der Waals surface area contributed by atoms with Gasteiger partial charge in [-0.2, -0.15) is 0 Å². The number of ether oxygens (including phenoxy) is 1. The molecule has 4 N–H and O–H groups in total. The van der Waals surface area contributed by atoms with E-state index in [9.17, 15) is 18.4 Å². The Balaban J connectivity index is 1.57. The summed E-state index contributed by atoms with van der Waals surface area (Å²) in [5.41, 5.74) is 6.09. The predicted molar refractivity (Wildman–Crippen MR) is 93.7 cm³/mol. The van der Waals surface area contributed by atoms with Crippen molar-refractivity contribution >= 4 is 11.9 Å². The summed E-state index contributed by atoms with van der Waals surface area (Å²) in [7, 11) is 0. The van der Waals surface area contributed by atoms with Crippen LogP contribution in [0.3, 0.4) is 0 Å². The summed E-state index contributed by atoms with van der Waals surface area (Å²) in [5, 5.41) is 5.81. The van der Waals surface area contributed by atoms with Gasteiger partial charge in [-0.25, -0.2) is 19.6 Å². The number of rotatable bonds is 5. The molecule has 0 aromatic rings. The predicted octanol–water partition coefficient (Wildman–Crippen LogP) is -0.434. The van der Waals surface area contributed by atoms with Gasteiger partial charge in [0, 0.05) is 19.8 Å². The van der Waals surface area contributed by atoms with E-state index in [1.807, 2.05) is 0 Å². The van der Waals surface area contributed by atoms with Crippen LogP contribution in [0, 0.1) is 5.92 Å². The van der Waals surface area contributed by atoms with Crippen molar-refractivity contribution in [2.75, 3.05) is 26.4 Å². The number of carbonyl (C=O) groups excluding carboxylic acids is 2. The summed E-state index contributed by atoms with van der Waals surface area (Å²) in [6.07, 6.45) is -1.64. The van der Waals surface area contributed by atoms with Crippen LogP contribution in [0.1, 0.15) is 32.6 Å². The average molecular weight is 389 g/mol. The van der Waals surface area contributed by atoms with E-state index in [1.54, 1.807) is 6.92 Å². The van der Waals surface area contributed by atoms with Gasteiger partial charge in [0.15, 0.2) is 0 Å². The smallest absolute Gasteiger partial charge is 0.314 e. The van der Waals surface area contributed by atoms with Gasteiger partial charge >= 0.3 is 5.97 Å². The Kier molecular flexibility index (Phi) is 6.96. The molecule has 6 unspecified atom stereocenters. The molecule has 27 heavy (non-hydrogen) atoms. The van der Waals surface area contributed by atoms with Gasteiger partial charge in [-0.15, -0.1) is 0 Å². The summed E-state index contributed by atoms with van der Waals surface area (Å²) in [4.78, 5) is 26.9. The monoisotopic (exact) mass is 389 g/mol.